The van der Waals surface area contributed by atoms with Crippen molar-refractivity contribution < 1.29 is 38.1 Å². The summed E-state index contributed by atoms with van der Waals surface area (Å²) < 4.78 is 22.2. The highest BCUT2D eigenvalue weighted by molar-refractivity contribution is 6.20. The van der Waals surface area contributed by atoms with Crippen molar-refractivity contribution in [2.24, 2.45) is 10.5 Å². The molecule has 3 atom stereocenters. The molecule has 0 spiro atoms. The average molecular weight is 574 g/mol. The van der Waals surface area contributed by atoms with Gasteiger partial charge in [-0.3, -0.25) is 14.4 Å². The first-order chi connectivity index (χ1) is 20.4. The van der Waals surface area contributed by atoms with Gasteiger partial charge in [0.05, 0.1) is 32.5 Å². The van der Waals surface area contributed by atoms with Crippen molar-refractivity contribution in [3.63, 3.8) is 0 Å². The average Bonchev–Trinajstić information content (AvgIpc) is 3.41. The number of hydrogen-bond acceptors (Lipinski definition) is 10. The molecule has 0 radical (unpaired) electrons. The number of fused-ring (bicyclic) bond motifs is 4. The fraction of sp³-hybridized carbons (Fsp3) is 0.387. The Morgan fingerprint density at radius 3 is 2.33 bits per heavy atom. The number of para-hydroxylation sites is 1. The molecule has 1 fully saturated rings. The molecule has 1 saturated carbocycles. The quantitative estimate of drug-likeness (QED) is 0.496. The van der Waals surface area contributed by atoms with Gasteiger partial charge in [0.2, 0.25) is 5.41 Å². The Hall–Kier alpha value is -4.67. The molecule has 3 aliphatic heterocycles. The van der Waals surface area contributed by atoms with Crippen LogP contribution in [0.4, 0.5) is 0 Å². The summed E-state index contributed by atoms with van der Waals surface area (Å²) in [5, 5.41) is 5.68. The zero-order chi connectivity index (χ0) is 29.6. The van der Waals surface area contributed by atoms with E-state index in [4.69, 9.17) is 24.0 Å². The van der Waals surface area contributed by atoms with E-state index < -0.39 is 35.4 Å². The van der Waals surface area contributed by atoms with Crippen molar-refractivity contribution in [1.29, 1.82) is 0 Å². The summed E-state index contributed by atoms with van der Waals surface area (Å²) in [7, 11) is 3.87. The molecule has 1 aliphatic carbocycles. The number of esters is 2. The van der Waals surface area contributed by atoms with Gasteiger partial charge in [-0.05, 0) is 49.2 Å². The number of nitrogens with zero attached hydrogens (tertiary/aromatic N) is 3. The number of rotatable bonds is 5. The second-order valence-corrected chi connectivity index (χ2v) is 10.7. The van der Waals surface area contributed by atoms with Crippen molar-refractivity contribution in [2.45, 2.75) is 50.3 Å². The molecule has 0 saturated heterocycles. The normalized spacial score (nSPS) is 24.8. The molecule has 11 heteroatoms. The summed E-state index contributed by atoms with van der Waals surface area (Å²) in [6.45, 7) is 0. The zero-order valence-electron chi connectivity index (χ0n) is 23.6. The Morgan fingerprint density at radius 2 is 1.67 bits per heavy atom. The molecule has 2 aromatic carbocycles. The van der Waals surface area contributed by atoms with Crippen LogP contribution in [-0.4, -0.2) is 78.9 Å². The van der Waals surface area contributed by atoms with Gasteiger partial charge in [0.1, 0.15) is 11.5 Å². The van der Waals surface area contributed by atoms with Gasteiger partial charge in [-0.25, -0.2) is 9.80 Å². The van der Waals surface area contributed by atoms with Gasteiger partial charge in [0, 0.05) is 17.8 Å². The molecular weight excluding hydrogens is 542 g/mol. The van der Waals surface area contributed by atoms with Crippen LogP contribution < -0.4 is 9.47 Å². The Balaban J connectivity index is 1.59. The van der Waals surface area contributed by atoms with E-state index >= 15 is 0 Å². The summed E-state index contributed by atoms with van der Waals surface area (Å²) in [5.74, 6) is -1.86. The molecule has 6 rings (SSSR count). The Kier molecular flexibility index (Phi) is 6.96. The lowest BCUT2D eigenvalue weighted by Gasteiger charge is -2.48. The lowest BCUT2D eigenvalue weighted by molar-refractivity contribution is -0.165. The Labute approximate surface area is 242 Å². The lowest BCUT2D eigenvalue weighted by Crippen LogP contribution is -2.68. The number of ether oxygens (including phenoxy) is 4. The van der Waals surface area contributed by atoms with E-state index in [1.807, 2.05) is 0 Å². The Morgan fingerprint density at radius 1 is 0.952 bits per heavy atom. The molecule has 3 heterocycles. The SMILES string of the molecule is COC(=O)[C@H]1N(C(=O)c2ccc(OC)cc2)N=C2N(C3CCCCC3)C=C3C(=O)c4ccccc4O[C@@H]3[C@]21C(=O)OC. The van der Waals surface area contributed by atoms with Crippen molar-refractivity contribution in [2.75, 3.05) is 21.3 Å². The molecule has 11 nitrogen and oxygen atoms in total. The second kappa shape index (κ2) is 10.6. The highest BCUT2D eigenvalue weighted by Crippen LogP contribution is 2.51. The smallest absolute Gasteiger partial charge is 0.332 e. The van der Waals surface area contributed by atoms with Crippen molar-refractivity contribution >= 4 is 29.5 Å². The van der Waals surface area contributed by atoms with E-state index in [-0.39, 0.29) is 34.5 Å². The molecule has 4 aliphatic rings. The molecule has 0 bridgehead atoms. The van der Waals surface area contributed by atoms with Crippen LogP contribution >= 0.6 is 0 Å². The number of hydrazone groups is 1. The standard InChI is InChI=1S/C31H31N3O8/c1-39-20-15-13-18(14-16-20)27(36)34-25(28(37)40-2)31(30(38)41-3)26-22(24(35)21-11-7-8-12-23(21)42-26)17-33(29(31)32-34)19-9-5-4-6-10-19/h7-8,11-17,19,25-26H,4-6,9-10H2,1-3H3/t25-,26+,31+/m1/s1. The van der Waals surface area contributed by atoms with Gasteiger partial charge in [0.15, 0.2) is 23.8 Å². The van der Waals surface area contributed by atoms with Gasteiger partial charge < -0.3 is 23.8 Å². The molecule has 1 amide bonds. The molecule has 0 N–H and O–H groups in total. The minimum absolute atomic E-state index is 0.111. The fourth-order valence-corrected chi connectivity index (χ4v) is 6.52. The van der Waals surface area contributed by atoms with Crippen LogP contribution in [-0.2, 0) is 19.1 Å². The predicted molar refractivity (Wildman–Crippen MR) is 149 cm³/mol. The third-order valence-corrected chi connectivity index (χ3v) is 8.57. The lowest BCUT2D eigenvalue weighted by atomic mass is 9.67. The van der Waals surface area contributed by atoms with Crippen LogP contribution in [0.25, 0.3) is 0 Å². The number of Topliss-reactive ketones (excluding diaryl/α,β-unsaturated/α-hetero) is 1. The van der Waals surface area contributed by atoms with E-state index in [0.29, 0.717) is 11.3 Å². The van der Waals surface area contributed by atoms with Crippen LogP contribution in [0.1, 0.15) is 52.8 Å². The third kappa shape index (κ3) is 3.98. The predicted octanol–water partition coefficient (Wildman–Crippen LogP) is 3.34. The molecule has 0 unspecified atom stereocenters. The summed E-state index contributed by atoms with van der Waals surface area (Å²) in [5.41, 5.74) is -1.32. The van der Waals surface area contributed by atoms with E-state index in [0.717, 1.165) is 37.1 Å². The van der Waals surface area contributed by atoms with Gasteiger partial charge in [0.25, 0.3) is 5.91 Å². The topological polar surface area (TPSA) is 124 Å². The summed E-state index contributed by atoms with van der Waals surface area (Å²) in [6.07, 6.45) is 4.83. The number of amides is 1. The summed E-state index contributed by atoms with van der Waals surface area (Å²) in [6, 6.07) is 11.3. The van der Waals surface area contributed by atoms with Crippen LogP contribution in [0, 0.1) is 5.41 Å². The van der Waals surface area contributed by atoms with Crippen LogP contribution in [0.3, 0.4) is 0 Å². The van der Waals surface area contributed by atoms with Crippen molar-refractivity contribution in [1.82, 2.24) is 9.91 Å². The number of hydrogen-bond donors (Lipinski definition) is 0. The van der Waals surface area contributed by atoms with E-state index in [9.17, 15) is 19.2 Å². The first kappa shape index (κ1) is 27.5. The van der Waals surface area contributed by atoms with Crippen molar-refractivity contribution in [3.05, 3.63) is 71.4 Å². The maximum absolute atomic E-state index is 14.2. The first-order valence-electron chi connectivity index (χ1n) is 13.9. The second-order valence-electron chi connectivity index (χ2n) is 10.7. The minimum Gasteiger partial charge on any atom is -0.497 e. The molecular formula is C31H31N3O8. The molecule has 218 valence electrons. The van der Waals surface area contributed by atoms with Gasteiger partial charge in [-0.1, -0.05) is 31.4 Å². The maximum Gasteiger partial charge on any atom is 0.332 e. The van der Waals surface area contributed by atoms with E-state index in [1.165, 1.54) is 21.3 Å². The number of benzene rings is 2. The summed E-state index contributed by atoms with van der Waals surface area (Å²) in [4.78, 5) is 57.7. The highest BCUT2D eigenvalue weighted by Gasteiger charge is 2.72. The van der Waals surface area contributed by atoms with Crippen molar-refractivity contribution in [3.8, 4) is 11.5 Å². The molecule has 2 aromatic rings. The van der Waals surface area contributed by atoms with Gasteiger partial charge in [-0.15, -0.1) is 0 Å². The van der Waals surface area contributed by atoms with E-state index in [2.05, 4.69) is 0 Å². The van der Waals surface area contributed by atoms with Crippen LogP contribution in [0.5, 0.6) is 11.5 Å². The fourth-order valence-electron chi connectivity index (χ4n) is 6.52. The largest absolute Gasteiger partial charge is 0.497 e. The Bertz CT molecular complexity index is 1510. The third-order valence-electron chi connectivity index (χ3n) is 8.57. The minimum atomic E-state index is -2.03. The maximum atomic E-state index is 14.2. The van der Waals surface area contributed by atoms with Crippen LogP contribution in [0.15, 0.2) is 65.4 Å². The number of ketones is 1. The number of methoxy groups -OCH3 is 3. The zero-order valence-corrected chi connectivity index (χ0v) is 23.6. The highest BCUT2D eigenvalue weighted by atomic mass is 16.5. The first-order valence-corrected chi connectivity index (χ1v) is 13.9. The van der Waals surface area contributed by atoms with Crippen LogP contribution in [0.2, 0.25) is 0 Å². The van der Waals surface area contributed by atoms with E-state index in [1.54, 1.807) is 59.6 Å². The van der Waals surface area contributed by atoms with Gasteiger partial charge >= 0.3 is 11.9 Å². The molecule has 0 aromatic heterocycles. The summed E-state index contributed by atoms with van der Waals surface area (Å²) >= 11 is 0. The number of carbonyl (C=O) groups excluding carboxylic acids is 4. The molecule has 42 heavy (non-hydrogen) atoms. The monoisotopic (exact) mass is 573 g/mol. The number of carbonyl (C=O) groups is 4. The number of amidine groups is 1. The van der Waals surface area contributed by atoms with Gasteiger partial charge in [-0.2, -0.15) is 5.10 Å².